The number of nitrogens with zero attached hydrogens (tertiary/aromatic N) is 1. The minimum atomic E-state index is 0.743. The second-order valence-corrected chi connectivity index (χ2v) is 8.26. The van der Waals surface area contributed by atoms with Gasteiger partial charge in [0, 0.05) is 50.2 Å². The highest BCUT2D eigenvalue weighted by Crippen LogP contribution is 2.31. The molecule has 0 aliphatic rings. The first-order chi connectivity index (χ1) is 15.1. The van der Waals surface area contributed by atoms with Gasteiger partial charge in [0.05, 0.1) is 5.52 Å². The summed E-state index contributed by atoms with van der Waals surface area (Å²) in [4.78, 5) is 7.61. The van der Waals surface area contributed by atoms with Gasteiger partial charge in [0.25, 0.3) is 0 Å². The molecule has 31 heavy (non-hydrogen) atoms. The third-order valence-corrected chi connectivity index (χ3v) is 6.00. The topological polar surface area (TPSA) is 66.7 Å². The zero-order chi connectivity index (χ0) is 21.8. The Balaban J connectivity index is 0.000000177. The molecule has 4 N–H and O–H groups in total. The van der Waals surface area contributed by atoms with Crippen molar-refractivity contribution in [1.29, 1.82) is 0 Å². The molecule has 0 amide bonds. The molecule has 3 aromatic carbocycles. The molecule has 5 heteroatoms. The summed E-state index contributed by atoms with van der Waals surface area (Å²) in [7, 11) is 0. The molecule has 0 unspecified atom stereocenters. The van der Waals surface area contributed by atoms with Crippen LogP contribution < -0.4 is 11.1 Å². The van der Waals surface area contributed by atoms with Crippen LogP contribution in [-0.2, 0) is 6.42 Å². The molecule has 0 bridgehead atoms. The third-order valence-electron chi connectivity index (χ3n) is 5.32. The maximum atomic E-state index is 5.89. The molecule has 2 heterocycles. The van der Waals surface area contributed by atoms with Crippen LogP contribution in [0.3, 0.4) is 0 Å². The van der Waals surface area contributed by atoms with Gasteiger partial charge in [-0.1, -0.05) is 43.3 Å². The van der Waals surface area contributed by atoms with E-state index in [9.17, 15) is 0 Å². The molecule has 0 aliphatic carbocycles. The van der Waals surface area contributed by atoms with Gasteiger partial charge < -0.3 is 16.0 Å². The summed E-state index contributed by atoms with van der Waals surface area (Å²) in [6, 6.07) is 22.4. The van der Waals surface area contributed by atoms with E-state index in [0.717, 1.165) is 44.4 Å². The summed E-state index contributed by atoms with van der Waals surface area (Å²) in [6.07, 6.45) is 5.00. The first-order valence-corrected chi connectivity index (χ1v) is 11.1. The van der Waals surface area contributed by atoms with Crippen LogP contribution in [0.5, 0.6) is 0 Å². The SMILES string of the molecule is CCc1c[nH]c2ccccc12.Cc1cc(N)c(Br)cc1Nc1ccnc2ccccc12. The molecular weight excluding hydrogens is 448 g/mol. The van der Waals surface area contributed by atoms with Crippen molar-refractivity contribution >= 4 is 54.8 Å². The number of hydrogen-bond acceptors (Lipinski definition) is 3. The van der Waals surface area contributed by atoms with Gasteiger partial charge in [-0.15, -0.1) is 0 Å². The summed E-state index contributed by atoms with van der Waals surface area (Å²) in [5, 5.41) is 5.91. The molecule has 2 aromatic heterocycles. The minimum Gasteiger partial charge on any atom is -0.398 e. The normalized spacial score (nSPS) is 10.7. The van der Waals surface area contributed by atoms with Crippen molar-refractivity contribution in [1.82, 2.24) is 9.97 Å². The molecule has 5 aromatic rings. The highest BCUT2D eigenvalue weighted by atomic mass is 79.9. The number of rotatable bonds is 3. The Morgan fingerprint density at radius 2 is 1.71 bits per heavy atom. The van der Waals surface area contributed by atoms with Crippen molar-refractivity contribution in [2.45, 2.75) is 20.3 Å². The number of nitrogens with one attached hydrogen (secondary N) is 2. The molecule has 0 fully saturated rings. The maximum Gasteiger partial charge on any atom is 0.0722 e. The molecule has 4 nitrogen and oxygen atoms in total. The Bertz CT molecular complexity index is 1330. The number of anilines is 3. The Hall–Kier alpha value is -3.31. The summed E-state index contributed by atoms with van der Waals surface area (Å²) < 4.78 is 0.893. The number of H-pyrrole nitrogens is 1. The van der Waals surface area contributed by atoms with E-state index < -0.39 is 0 Å². The zero-order valence-corrected chi connectivity index (χ0v) is 19.2. The number of nitrogen functional groups attached to an aromatic ring is 1. The van der Waals surface area contributed by atoms with Gasteiger partial charge in [-0.25, -0.2) is 0 Å². The van der Waals surface area contributed by atoms with E-state index in [-0.39, 0.29) is 0 Å². The van der Waals surface area contributed by atoms with E-state index in [4.69, 9.17) is 5.73 Å². The monoisotopic (exact) mass is 472 g/mol. The van der Waals surface area contributed by atoms with E-state index in [0.29, 0.717) is 0 Å². The third kappa shape index (κ3) is 4.57. The van der Waals surface area contributed by atoms with Crippen LogP contribution in [0.15, 0.2) is 83.6 Å². The zero-order valence-electron chi connectivity index (χ0n) is 17.6. The lowest BCUT2D eigenvalue weighted by molar-refractivity contribution is 1.15. The molecule has 0 saturated carbocycles. The Labute approximate surface area is 190 Å². The fourth-order valence-corrected chi connectivity index (χ4v) is 3.96. The maximum absolute atomic E-state index is 5.89. The summed E-state index contributed by atoms with van der Waals surface area (Å²) in [5.41, 5.74) is 13.4. The number of fused-ring (bicyclic) bond motifs is 2. The van der Waals surface area contributed by atoms with Crippen molar-refractivity contribution in [3.63, 3.8) is 0 Å². The highest BCUT2D eigenvalue weighted by Gasteiger charge is 2.06. The van der Waals surface area contributed by atoms with Gasteiger partial charge in [-0.05, 0) is 70.7 Å². The quantitative estimate of drug-likeness (QED) is 0.240. The summed E-state index contributed by atoms with van der Waals surface area (Å²) >= 11 is 3.47. The van der Waals surface area contributed by atoms with Crippen molar-refractivity contribution in [2.75, 3.05) is 11.1 Å². The number of benzene rings is 3. The average Bonchev–Trinajstić information content (AvgIpc) is 3.21. The van der Waals surface area contributed by atoms with Crippen molar-refractivity contribution in [2.24, 2.45) is 0 Å². The van der Waals surface area contributed by atoms with Crippen LogP contribution in [0.4, 0.5) is 17.1 Å². The van der Waals surface area contributed by atoms with E-state index in [1.165, 1.54) is 16.5 Å². The van der Waals surface area contributed by atoms with Crippen molar-refractivity contribution in [3.8, 4) is 0 Å². The molecule has 0 atom stereocenters. The summed E-state index contributed by atoms with van der Waals surface area (Å²) in [5.74, 6) is 0. The number of nitrogens with two attached hydrogens (primary N) is 1. The lowest BCUT2D eigenvalue weighted by atomic mass is 10.1. The molecular formula is C26H25BrN4. The van der Waals surface area contributed by atoms with Crippen LogP contribution in [-0.4, -0.2) is 9.97 Å². The van der Waals surface area contributed by atoms with Crippen LogP contribution in [0.1, 0.15) is 18.1 Å². The van der Waals surface area contributed by atoms with Crippen LogP contribution >= 0.6 is 15.9 Å². The first-order valence-electron chi connectivity index (χ1n) is 10.3. The number of halogens is 1. The van der Waals surface area contributed by atoms with Crippen molar-refractivity contribution in [3.05, 3.63) is 94.7 Å². The van der Waals surface area contributed by atoms with Gasteiger partial charge in [0.2, 0.25) is 0 Å². The number of pyridine rings is 1. The second-order valence-electron chi connectivity index (χ2n) is 7.40. The average molecular weight is 473 g/mol. The Morgan fingerprint density at radius 1 is 0.968 bits per heavy atom. The van der Waals surface area contributed by atoms with Crippen LogP contribution in [0, 0.1) is 6.92 Å². The van der Waals surface area contributed by atoms with E-state index >= 15 is 0 Å². The van der Waals surface area contributed by atoms with E-state index in [1.807, 2.05) is 49.5 Å². The number of aryl methyl sites for hydroxylation is 2. The number of hydrogen-bond donors (Lipinski definition) is 3. The van der Waals surface area contributed by atoms with Crippen LogP contribution in [0.25, 0.3) is 21.8 Å². The number of aromatic nitrogens is 2. The lowest BCUT2D eigenvalue weighted by Crippen LogP contribution is -1.97. The van der Waals surface area contributed by atoms with Crippen LogP contribution in [0.2, 0.25) is 0 Å². The Kier molecular flexibility index (Phi) is 6.23. The van der Waals surface area contributed by atoms with Gasteiger partial charge in [-0.2, -0.15) is 0 Å². The van der Waals surface area contributed by atoms with Gasteiger partial charge in [0.1, 0.15) is 0 Å². The fourth-order valence-electron chi connectivity index (χ4n) is 3.61. The standard InChI is InChI=1S/C16H14BrN3.C10H11N/c1-10-8-13(18)12(17)9-16(10)20-15-6-7-19-14-5-3-2-4-11(14)15;1-2-8-7-11-10-6-4-3-5-9(8)10/h2-9H,18H2,1H3,(H,19,20);3-7,11H,2H2,1H3. The smallest absolute Gasteiger partial charge is 0.0722 e. The largest absolute Gasteiger partial charge is 0.398 e. The molecule has 0 spiro atoms. The molecule has 156 valence electrons. The molecule has 0 aliphatic heterocycles. The minimum absolute atomic E-state index is 0.743. The predicted octanol–water partition coefficient (Wildman–Crippen LogP) is 7.36. The van der Waals surface area contributed by atoms with E-state index in [2.05, 4.69) is 74.7 Å². The van der Waals surface area contributed by atoms with Gasteiger partial charge >= 0.3 is 0 Å². The van der Waals surface area contributed by atoms with E-state index in [1.54, 1.807) is 0 Å². The Morgan fingerprint density at radius 3 is 2.52 bits per heavy atom. The highest BCUT2D eigenvalue weighted by molar-refractivity contribution is 9.10. The molecule has 0 saturated heterocycles. The van der Waals surface area contributed by atoms with Crippen molar-refractivity contribution < 1.29 is 0 Å². The number of aromatic amines is 1. The first kappa shape index (κ1) is 20.9. The molecule has 0 radical (unpaired) electrons. The van der Waals surface area contributed by atoms with Gasteiger partial charge in [-0.3, -0.25) is 4.98 Å². The molecule has 5 rings (SSSR count). The predicted molar refractivity (Wildman–Crippen MR) is 136 cm³/mol. The summed E-state index contributed by atoms with van der Waals surface area (Å²) in [6.45, 7) is 4.21. The fraction of sp³-hybridized carbons (Fsp3) is 0.115. The lowest BCUT2D eigenvalue weighted by Gasteiger charge is -2.13. The van der Waals surface area contributed by atoms with Gasteiger partial charge in [0.15, 0.2) is 0 Å². The second kappa shape index (κ2) is 9.23. The number of para-hydroxylation sites is 2.